The van der Waals surface area contributed by atoms with Crippen LogP contribution in [0.4, 0.5) is 0 Å². The zero-order valence-electron chi connectivity index (χ0n) is 14.9. The lowest BCUT2D eigenvalue weighted by Gasteiger charge is -2.56. The molecule has 0 radical (unpaired) electrons. The molecule has 4 unspecified atom stereocenters. The number of carbonyl (C=O) groups is 1. The number of fused-ring (bicyclic) bond motifs is 1. The zero-order valence-corrected chi connectivity index (χ0v) is 14.9. The summed E-state index contributed by atoms with van der Waals surface area (Å²) in [5.74, 6) is 1.27. The van der Waals surface area contributed by atoms with Gasteiger partial charge in [0.15, 0.2) is 0 Å². The SMILES string of the molecule is C=CC(C)(O)CCC1C(C)=CCC2C(C)(C)C(=O)CCC12C. The van der Waals surface area contributed by atoms with Gasteiger partial charge in [-0.15, -0.1) is 6.58 Å². The Kier molecular flexibility index (Phi) is 4.47. The smallest absolute Gasteiger partial charge is 0.138 e. The van der Waals surface area contributed by atoms with Crippen molar-refractivity contribution in [3.8, 4) is 0 Å². The zero-order chi connectivity index (χ0) is 16.8. The van der Waals surface area contributed by atoms with E-state index >= 15 is 0 Å². The van der Waals surface area contributed by atoms with E-state index in [2.05, 4.69) is 40.3 Å². The topological polar surface area (TPSA) is 37.3 Å². The number of hydrogen-bond acceptors (Lipinski definition) is 2. The third-order valence-corrected chi connectivity index (χ3v) is 6.68. The second-order valence-electron chi connectivity index (χ2n) is 8.54. The van der Waals surface area contributed by atoms with Gasteiger partial charge in [-0.1, -0.05) is 38.5 Å². The van der Waals surface area contributed by atoms with Crippen LogP contribution in [0.15, 0.2) is 24.3 Å². The number of Topliss-reactive ketones (excluding diaryl/α,β-unsaturated/α-hetero) is 1. The Labute approximate surface area is 135 Å². The maximum absolute atomic E-state index is 12.4. The molecular formula is C20H32O2. The van der Waals surface area contributed by atoms with Gasteiger partial charge in [0.05, 0.1) is 5.60 Å². The summed E-state index contributed by atoms with van der Waals surface area (Å²) >= 11 is 0. The summed E-state index contributed by atoms with van der Waals surface area (Å²) in [6, 6.07) is 0. The Balaban J connectivity index is 2.29. The summed E-state index contributed by atoms with van der Waals surface area (Å²) < 4.78 is 0. The Hall–Kier alpha value is -0.890. The average Bonchev–Trinajstić information content (AvgIpc) is 2.42. The summed E-state index contributed by atoms with van der Waals surface area (Å²) in [5, 5.41) is 10.3. The molecule has 0 aromatic heterocycles. The van der Waals surface area contributed by atoms with Gasteiger partial charge in [-0.05, 0) is 56.8 Å². The Morgan fingerprint density at radius 3 is 2.68 bits per heavy atom. The minimum Gasteiger partial charge on any atom is -0.386 e. The average molecular weight is 304 g/mol. The molecule has 0 aliphatic heterocycles. The molecule has 22 heavy (non-hydrogen) atoms. The molecule has 4 atom stereocenters. The molecule has 0 amide bonds. The standard InChI is InChI=1S/C20H32O2/c1-7-19(5,22)12-10-15-14(2)8-9-16-18(3,4)17(21)11-13-20(15,16)6/h7-8,15-16,22H,1,9-13H2,2-6H3. The second-order valence-corrected chi connectivity index (χ2v) is 8.54. The molecular weight excluding hydrogens is 272 g/mol. The third-order valence-electron chi connectivity index (χ3n) is 6.68. The van der Waals surface area contributed by atoms with Gasteiger partial charge < -0.3 is 5.11 Å². The first-order valence-electron chi connectivity index (χ1n) is 8.60. The van der Waals surface area contributed by atoms with Gasteiger partial charge in [0.1, 0.15) is 5.78 Å². The maximum atomic E-state index is 12.4. The fourth-order valence-corrected chi connectivity index (χ4v) is 4.94. The van der Waals surface area contributed by atoms with E-state index in [0.29, 0.717) is 24.0 Å². The van der Waals surface area contributed by atoms with Crippen LogP contribution in [0, 0.1) is 22.7 Å². The number of allylic oxidation sites excluding steroid dienone is 2. The van der Waals surface area contributed by atoms with E-state index in [1.807, 2.05) is 6.92 Å². The van der Waals surface area contributed by atoms with Crippen molar-refractivity contribution in [2.75, 3.05) is 0 Å². The second kappa shape index (κ2) is 5.63. The highest BCUT2D eigenvalue weighted by molar-refractivity contribution is 5.85. The summed E-state index contributed by atoms with van der Waals surface area (Å²) in [7, 11) is 0. The van der Waals surface area contributed by atoms with Crippen molar-refractivity contribution >= 4 is 5.78 Å². The number of hydrogen-bond donors (Lipinski definition) is 1. The van der Waals surface area contributed by atoms with Crippen molar-refractivity contribution in [1.29, 1.82) is 0 Å². The molecule has 1 saturated carbocycles. The summed E-state index contributed by atoms with van der Waals surface area (Å²) in [4.78, 5) is 12.4. The van der Waals surface area contributed by atoms with Crippen LogP contribution in [-0.2, 0) is 4.79 Å². The van der Waals surface area contributed by atoms with Gasteiger partial charge in [0.25, 0.3) is 0 Å². The van der Waals surface area contributed by atoms with E-state index in [0.717, 1.165) is 25.7 Å². The van der Waals surface area contributed by atoms with E-state index in [4.69, 9.17) is 0 Å². The molecule has 1 N–H and O–H groups in total. The van der Waals surface area contributed by atoms with E-state index in [9.17, 15) is 9.90 Å². The highest BCUT2D eigenvalue weighted by Gasteiger charge is 2.55. The lowest BCUT2D eigenvalue weighted by molar-refractivity contribution is -0.143. The van der Waals surface area contributed by atoms with E-state index in [1.165, 1.54) is 5.57 Å². The first-order valence-corrected chi connectivity index (χ1v) is 8.60. The number of aliphatic hydroxyl groups is 1. The van der Waals surface area contributed by atoms with Crippen molar-refractivity contribution in [2.24, 2.45) is 22.7 Å². The van der Waals surface area contributed by atoms with Crippen LogP contribution in [0.2, 0.25) is 0 Å². The van der Waals surface area contributed by atoms with Crippen LogP contribution in [0.25, 0.3) is 0 Å². The van der Waals surface area contributed by atoms with Crippen LogP contribution >= 0.6 is 0 Å². The predicted molar refractivity (Wildman–Crippen MR) is 91.5 cm³/mol. The molecule has 2 aliphatic rings. The van der Waals surface area contributed by atoms with Crippen molar-refractivity contribution in [3.63, 3.8) is 0 Å². The van der Waals surface area contributed by atoms with Crippen LogP contribution < -0.4 is 0 Å². The lowest BCUT2D eigenvalue weighted by Crippen LogP contribution is -2.52. The van der Waals surface area contributed by atoms with Crippen molar-refractivity contribution in [3.05, 3.63) is 24.3 Å². The molecule has 2 aliphatic carbocycles. The van der Waals surface area contributed by atoms with E-state index < -0.39 is 5.60 Å². The van der Waals surface area contributed by atoms with Crippen molar-refractivity contribution in [1.82, 2.24) is 0 Å². The first-order chi connectivity index (χ1) is 10.0. The highest BCUT2D eigenvalue weighted by Crippen LogP contribution is 2.59. The van der Waals surface area contributed by atoms with Gasteiger partial charge in [-0.3, -0.25) is 4.79 Å². The lowest BCUT2D eigenvalue weighted by atomic mass is 9.47. The molecule has 2 heteroatoms. The molecule has 0 heterocycles. The van der Waals surface area contributed by atoms with Crippen LogP contribution in [0.1, 0.15) is 66.7 Å². The minimum atomic E-state index is -0.802. The largest absolute Gasteiger partial charge is 0.386 e. The van der Waals surface area contributed by atoms with Crippen molar-refractivity contribution < 1.29 is 9.90 Å². The normalized spacial score (nSPS) is 37.0. The highest BCUT2D eigenvalue weighted by atomic mass is 16.3. The molecule has 0 saturated heterocycles. The van der Waals surface area contributed by atoms with Gasteiger partial charge >= 0.3 is 0 Å². The molecule has 2 nitrogen and oxygen atoms in total. The molecule has 1 fully saturated rings. The number of carbonyl (C=O) groups excluding carboxylic acids is 1. The predicted octanol–water partition coefficient (Wildman–Crippen LogP) is 4.68. The minimum absolute atomic E-state index is 0.160. The van der Waals surface area contributed by atoms with Crippen LogP contribution in [-0.4, -0.2) is 16.5 Å². The number of rotatable bonds is 4. The quantitative estimate of drug-likeness (QED) is 0.766. The van der Waals surface area contributed by atoms with Crippen LogP contribution in [0.5, 0.6) is 0 Å². The van der Waals surface area contributed by atoms with E-state index in [1.54, 1.807) is 6.08 Å². The molecule has 0 spiro atoms. The first kappa shape index (κ1) is 17.5. The van der Waals surface area contributed by atoms with Gasteiger partial charge in [-0.25, -0.2) is 0 Å². The Morgan fingerprint density at radius 1 is 1.45 bits per heavy atom. The number of ketones is 1. The fraction of sp³-hybridized carbons (Fsp3) is 0.750. The molecule has 2 rings (SSSR count). The fourth-order valence-electron chi connectivity index (χ4n) is 4.94. The van der Waals surface area contributed by atoms with Crippen molar-refractivity contribution in [2.45, 2.75) is 72.3 Å². The van der Waals surface area contributed by atoms with Gasteiger partial charge in [0, 0.05) is 11.8 Å². The molecule has 0 aromatic carbocycles. The van der Waals surface area contributed by atoms with E-state index in [-0.39, 0.29) is 10.8 Å². The van der Waals surface area contributed by atoms with Crippen LogP contribution in [0.3, 0.4) is 0 Å². The summed E-state index contributed by atoms with van der Waals surface area (Å²) in [6.07, 6.45) is 8.34. The molecule has 0 aromatic rings. The summed E-state index contributed by atoms with van der Waals surface area (Å²) in [6.45, 7) is 14.4. The maximum Gasteiger partial charge on any atom is 0.138 e. The molecule has 0 bridgehead atoms. The molecule has 124 valence electrons. The Morgan fingerprint density at radius 2 is 2.09 bits per heavy atom. The summed E-state index contributed by atoms with van der Waals surface area (Å²) in [5.41, 5.74) is 0.560. The Bertz CT molecular complexity index is 498. The monoisotopic (exact) mass is 304 g/mol. The van der Waals surface area contributed by atoms with Gasteiger partial charge in [-0.2, -0.15) is 0 Å². The van der Waals surface area contributed by atoms with Gasteiger partial charge in [0.2, 0.25) is 0 Å². The third kappa shape index (κ3) is 2.82.